The first-order valence-corrected chi connectivity index (χ1v) is 7.21. The second-order valence-corrected chi connectivity index (χ2v) is 6.44. The number of hydrogen-bond donors (Lipinski definition) is 0. The smallest absolute Gasteiger partial charge is 0.223 e. The van der Waals surface area contributed by atoms with Gasteiger partial charge in [0.2, 0.25) is 5.91 Å². The molecule has 98 valence electrons. The van der Waals surface area contributed by atoms with E-state index in [0.29, 0.717) is 12.8 Å². The normalized spacial score (nSPS) is 19.0. The maximum atomic E-state index is 12.2. The summed E-state index contributed by atoms with van der Waals surface area (Å²) in [5, 5.41) is 2.02. The Hall–Kier alpha value is -1.16. The van der Waals surface area contributed by atoms with Crippen LogP contribution in [0.5, 0.6) is 0 Å². The molecule has 2 heterocycles. The second-order valence-electron chi connectivity index (χ2n) is 5.41. The molecule has 0 atom stereocenters. The summed E-state index contributed by atoms with van der Waals surface area (Å²) < 4.78 is 0. The van der Waals surface area contributed by atoms with Crippen LogP contribution in [0.4, 0.5) is 0 Å². The minimum atomic E-state index is -0.180. The predicted octanol–water partition coefficient (Wildman–Crippen LogP) is 2.65. The van der Waals surface area contributed by atoms with Crippen LogP contribution in [0.3, 0.4) is 0 Å². The van der Waals surface area contributed by atoms with Crippen LogP contribution in [-0.4, -0.2) is 28.7 Å². The highest BCUT2D eigenvalue weighted by Crippen LogP contribution is 2.26. The van der Waals surface area contributed by atoms with Crippen LogP contribution in [0.2, 0.25) is 0 Å². The largest absolute Gasteiger partial charge is 0.330 e. The summed E-state index contributed by atoms with van der Waals surface area (Å²) in [6, 6.07) is 4.04. The highest BCUT2D eigenvalue weighted by molar-refractivity contribution is 7.09. The van der Waals surface area contributed by atoms with Crippen molar-refractivity contribution in [2.24, 2.45) is 0 Å². The van der Waals surface area contributed by atoms with Gasteiger partial charge in [-0.15, -0.1) is 11.3 Å². The molecule has 3 nitrogen and oxygen atoms in total. The molecule has 1 aromatic heterocycles. The fraction of sp³-hybridized carbons (Fsp3) is 0.571. The van der Waals surface area contributed by atoms with Crippen LogP contribution in [-0.2, 0) is 16.0 Å². The van der Waals surface area contributed by atoms with Gasteiger partial charge in [-0.25, -0.2) is 0 Å². The Bertz CT molecular complexity index is 437. The highest BCUT2D eigenvalue weighted by atomic mass is 32.1. The summed E-state index contributed by atoms with van der Waals surface area (Å²) in [6.45, 7) is 4.38. The van der Waals surface area contributed by atoms with E-state index in [0.717, 1.165) is 12.8 Å². The summed E-state index contributed by atoms with van der Waals surface area (Å²) in [7, 11) is 0. The zero-order valence-corrected chi connectivity index (χ0v) is 11.8. The standard InChI is InChI=1S/C14H19NO2S/c1-14(2)8-7-11(16)10-15(14)13(17)6-5-12-4-3-9-18-12/h3-4,9H,5-8,10H2,1-2H3. The first-order valence-electron chi connectivity index (χ1n) is 6.33. The SMILES string of the molecule is CC1(C)CCC(=O)CN1C(=O)CCc1cccs1. The van der Waals surface area contributed by atoms with Crippen LogP contribution >= 0.6 is 11.3 Å². The van der Waals surface area contributed by atoms with E-state index < -0.39 is 0 Å². The van der Waals surface area contributed by atoms with Crippen LogP contribution in [0.1, 0.15) is 38.0 Å². The summed E-state index contributed by atoms with van der Waals surface area (Å²) in [4.78, 5) is 26.7. The number of likely N-dealkylation sites (tertiary alicyclic amines) is 1. The van der Waals surface area contributed by atoms with Crippen molar-refractivity contribution >= 4 is 23.0 Å². The molecule has 2 rings (SSSR count). The third-order valence-corrected chi connectivity index (χ3v) is 4.48. The molecule has 0 radical (unpaired) electrons. The first-order chi connectivity index (χ1) is 8.49. The molecule has 1 aromatic rings. The maximum Gasteiger partial charge on any atom is 0.223 e. The van der Waals surface area contributed by atoms with E-state index in [2.05, 4.69) is 0 Å². The van der Waals surface area contributed by atoms with Crippen molar-refractivity contribution in [2.75, 3.05) is 6.54 Å². The number of piperidine rings is 1. The first kappa shape index (κ1) is 13.3. The number of amides is 1. The molecule has 1 aliphatic heterocycles. The van der Waals surface area contributed by atoms with Crippen molar-refractivity contribution in [1.29, 1.82) is 0 Å². The predicted molar refractivity (Wildman–Crippen MR) is 72.7 cm³/mol. The minimum Gasteiger partial charge on any atom is -0.330 e. The van der Waals surface area contributed by atoms with Gasteiger partial charge in [0.25, 0.3) is 0 Å². The Morgan fingerprint density at radius 3 is 2.94 bits per heavy atom. The Balaban J connectivity index is 1.96. The summed E-state index contributed by atoms with van der Waals surface area (Å²) >= 11 is 1.67. The van der Waals surface area contributed by atoms with Gasteiger partial charge in [-0.1, -0.05) is 6.07 Å². The third-order valence-electron chi connectivity index (χ3n) is 3.55. The van der Waals surface area contributed by atoms with Gasteiger partial charge in [0.1, 0.15) is 0 Å². The quantitative estimate of drug-likeness (QED) is 0.842. The minimum absolute atomic E-state index is 0.0986. The number of nitrogens with zero attached hydrogens (tertiary/aromatic N) is 1. The molecule has 0 saturated carbocycles. The number of hydrogen-bond acceptors (Lipinski definition) is 3. The van der Waals surface area contributed by atoms with Gasteiger partial charge in [-0.2, -0.15) is 0 Å². The topological polar surface area (TPSA) is 37.4 Å². The molecular formula is C14H19NO2S. The van der Waals surface area contributed by atoms with Crippen molar-refractivity contribution in [1.82, 2.24) is 4.90 Å². The number of carbonyl (C=O) groups excluding carboxylic acids is 2. The molecule has 1 aliphatic rings. The lowest BCUT2D eigenvalue weighted by atomic mass is 9.89. The van der Waals surface area contributed by atoms with E-state index in [1.807, 2.05) is 31.4 Å². The van der Waals surface area contributed by atoms with Gasteiger partial charge < -0.3 is 4.90 Å². The number of Topliss-reactive ketones (excluding diaryl/α,β-unsaturated/α-hetero) is 1. The molecule has 4 heteroatoms. The third kappa shape index (κ3) is 2.99. The van der Waals surface area contributed by atoms with E-state index in [-0.39, 0.29) is 23.8 Å². The molecule has 0 aliphatic carbocycles. The molecule has 0 aromatic carbocycles. The van der Waals surface area contributed by atoms with E-state index in [1.165, 1.54) is 4.88 Å². The van der Waals surface area contributed by atoms with Crippen LogP contribution < -0.4 is 0 Å². The van der Waals surface area contributed by atoms with Gasteiger partial charge >= 0.3 is 0 Å². The lowest BCUT2D eigenvalue weighted by Gasteiger charge is -2.41. The number of rotatable bonds is 3. The molecule has 0 unspecified atom stereocenters. The number of carbonyl (C=O) groups is 2. The van der Waals surface area contributed by atoms with Crippen LogP contribution in [0, 0.1) is 0 Å². The summed E-state index contributed by atoms with van der Waals surface area (Å²) in [5.41, 5.74) is -0.180. The summed E-state index contributed by atoms with van der Waals surface area (Å²) in [6.07, 6.45) is 2.65. The molecule has 0 N–H and O–H groups in total. The molecule has 18 heavy (non-hydrogen) atoms. The fourth-order valence-electron chi connectivity index (χ4n) is 2.30. The van der Waals surface area contributed by atoms with Crippen molar-refractivity contribution in [3.8, 4) is 0 Å². The Kier molecular flexibility index (Phi) is 3.85. The van der Waals surface area contributed by atoms with Crippen molar-refractivity contribution in [3.05, 3.63) is 22.4 Å². The van der Waals surface area contributed by atoms with E-state index in [1.54, 1.807) is 16.2 Å². The lowest BCUT2D eigenvalue weighted by Crippen LogP contribution is -2.53. The second kappa shape index (κ2) is 5.22. The monoisotopic (exact) mass is 265 g/mol. The van der Waals surface area contributed by atoms with Crippen molar-refractivity contribution in [2.45, 2.75) is 45.1 Å². The van der Waals surface area contributed by atoms with Gasteiger partial charge in [-0.3, -0.25) is 9.59 Å². The van der Waals surface area contributed by atoms with E-state index >= 15 is 0 Å². The van der Waals surface area contributed by atoms with Crippen molar-refractivity contribution < 1.29 is 9.59 Å². The maximum absolute atomic E-state index is 12.2. The van der Waals surface area contributed by atoms with Gasteiger partial charge in [0.05, 0.1) is 6.54 Å². The molecule has 0 bridgehead atoms. The Morgan fingerprint density at radius 1 is 1.50 bits per heavy atom. The Labute approximate surface area is 112 Å². The van der Waals surface area contributed by atoms with E-state index in [9.17, 15) is 9.59 Å². The van der Waals surface area contributed by atoms with Gasteiger partial charge in [0, 0.05) is 23.3 Å². The number of thiophene rings is 1. The molecule has 0 spiro atoms. The lowest BCUT2D eigenvalue weighted by molar-refractivity contribution is -0.144. The molecule has 1 saturated heterocycles. The van der Waals surface area contributed by atoms with Crippen LogP contribution in [0.15, 0.2) is 17.5 Å². The molecule has 1 fully saturated rings. The zero-order valence-electron chi connectivity index (χ0n) is 10.9. The average molecular weight is 265 g/mol. The highest BCUT2D eigenvalue weighted by Gasteiger charge is 2.35. The number of ketones is 1. The van der Waals surface area contributed by atoms with Crippen LogP contribution in [0.25, 0.3) is 0 Å². The zero-order chi connectivity index (χ0) is 13.2. The molecular weight excluding hydrogens is 246 g/mol. The molecule has 1 amide bonds. The van der Waals surface area contributed by atoms with Gasteiger partial charge in [0.15, 0.2) is 5.78 Å². The number of aryl methyl sites for hydroxylation is 1. The van der Waals surface area contributed by atoms with Crippen molar-refractivity contribution in [3.63, 3.8) is 0 Å². The van der Waals surface area contributed by atoms with E-state index in [4.69, 9.17) is 0 Å². The summed E-state index contributed by atoms with van der Waals surface area (Å²) in [5.74, 6) is 0.278. The Morgan fingerprint density at radius 2 is 2.28 bits per heavy atom. The fourth-order valence-corrected chi connectivity index (χ4v) is 3.00. The average Bonchev–Trinajstić information content (AvgIpc) is 2.82. The van der Waals surface area contributed by atoms with Gasteiger partial charge in [-0.05, 0) is 38.1 Å².